The summed E-state index contributed by atoms with van der Waals surface area (Å²) in [5, 5.41) is 0. The van der Waals surface area contributed by atoms with Gasteiger partial charge in [0.15, 0.2) is 0 Å². The Labute approximate surface area is 103 Å². The van der Waals surface area contributed by atoms with Crippen LogP contribution in [0.4, 0.5) is 0 Å². The average molecular weight is 232 g/mol. The van der Waals surface area contributed by atoms with Crippen LogP contribution in [0.3, 0.4) is 0 Å². The third-order valence-corrected chi connectivity index (χ3v) is 3.50. The molecule has 0 aromatic heterocycles. The van der Waals surface area contributed by atoms with Crippen molar-refractivity contribution >= 4 is 5.78 Å². The third kappa shape index (κ3) is 3.16. The number of rotatable bonds is 3. The van der Waals surface area contributed by atoms with Crippen LogP contribution in [0.1, 0.15) is 38.7 Å². The van der Waals surface area contributed by atoms with Crippen LogP contribution in [0, 0.1) is 5.41 Å². The predicted molar refractivity (Wildman–Crippen MR) is 67.7 cm³/mol. The van der Waals surface area contributed by atoms with Gasteiger partial charge in [-0.2, -0.15) is 0 Å². The van der Waals surface area contributed by atoms with E-state index in [0.29, 0.717) is 25.2 Å². The van der Waals surface area contributed by atoms with E-state index in [1.165, 1.54) is 5.56 Å². The molecule has 2 rings (SSSR count). The van der Waals surface area contributed by atoms with Gasteiger partial charge in [0.05, 0.1) is 12.7 Å². The molecule has 0 bridgehead atoms. The minimum absolute atomic E-state index is 0.0237. The van der Waals surface area contributed by atoms with Crippen LogP contribution in [0.25, 0.3) is 0 Å². The standard InChI is InChI=1S/C15H20O2/c1-15(2)10-13(16)8-9-14(15)17-11-12-6-4-3-5-7-12/h3-7,14H,8-11H2,1-2H3. The Bertz CT molecular complexity index is 381. The molecule has 1 unspecified atom stereocenters. The second-order valence-corrected chi connectivity index (χ2v) is 5.53. The summed E-state index contributed by atoms with van der Waals surface area (Å²) >= 11 is 0. The molecule has 0 amide bonds. The zero-order valence-electron chi connectivity index (χ0n) is 10.6. The molecule has 0 saturated heterocycles. The first-order valence-electron chi connectivity index (χ1n) is 6.25. The molecule has 0 N–H and O–H groups in total. The van der Waals surface area contributed by atoms with Gasteiger partial charge in [0.2, 0.25) is 0 Å². The first-order chi connectivity index (χ1) is 8.08. The van der Waals surface area contributed by atoms with Gasteiger partial charge in [0.25, 0.3) is 0 Å². The summed E-state index contributed by atoms with van der Waals surface area (Å²) in [7, 11) is 0. The molecule has 2 heteroatoms. The van der Waals surface area contributed by atoms with Gasteiger partial charge in [0.1, 0.15) is 5.78 Å². The van der Waals surface area contributed by atoms with Gasteiger partial charge in [-0.15, -0.1) is 0 Å². The number of ketones is 1. The third-order valence-electron chi connectivity index (χ3n) is 3.50. The van der Waals surface area contributed by atoms with Gasteiger partial charge in [-0.25, -0.2) is 0 Å². The summed E-state index contributed by atoms with van der Waals surface area (Å²) in [6, 6.07) is 10.2. The number of carbonyl (C=O) groups is 1. The van der Waals surface area contributed by atoms with Crippen LogP contribution in [-0.2, 0) is 16.1 Å². The number of carbonyl (C=O) groups excluding carboxylic acids is 1. The normalized spacial score (nSPS) is 23.6. The lowest BCUT2D eigenvalue weighted by Gasteiger charge is -2.37. The lowest BCUT2D eigenvalue weighted by atomic mass is 9.74. The highest BCUT2D eigenvalue weighted by atomic mass is 16.5. The van der Waals surface area contributed by atoms with Crippen LogP contribution >= 0.6 is 0 Å². The van der Waals surface area contributed by atoms with E-state index in [4.69, 9.17) is 4.74 Å². The number of hydrogen-bond donors (Lipinski definition) is 0. The van der Waals surface area contributed by atoms with Gasteiger partial charge in [-0.1, -0.05) is 44.2 Å². The maximum atomic E-state index is 11.4. The Morgan fingerprint density at radius 3 is 2.65 bits per heavy atom. The van der Waals surface area contributed by atoms with Crippen LogP contribution in [-0.4, -0.2) is 11.9 Å². The van der Waals surface area contributed by atoms with E-state index in [1.54, 1.807) is 0 Å². The number of Topliss-reactive ketones (excluding diaryl/α,β-unsaturated/α-hetero) is 1. The molecule has 1 atom stereocenters. The summed E-state index contributed by atoms with van der Waals surface area (Å²) in [6.07, 6.45) is 2.37. The van der Waals surface area contributed by atoms with Crippen molar-refractivity contribution in [3.8, 4) is 0 Å². The van der Waals surface area contributed by atoms with Crippen LogP contribution in [0.2, 0.25) is 0 Å². The number of ether oxygens (including phenoxy) is 1. The van der Waals surface area contributed by atoms with Crippen LogP contribution in [0.15, 0.2) is 30.3 Å². The fraction of sp³-hybridized carbons (Fsp3) is 0.533. The monoisotopic (exact) mass is 232 g/mol. The zero-order valence-corrected chi connectivity index (χ0v) is 10.6. The Kier molecular flexibility index (Phi) is 3.63. The van der Waals surface area contributed by atoms with Gasteiger partial charge >= 0.3 is 0 Å². The Balaban J connectivity index is 1.93. The van der Waals surface area contributed by atoms with Crippen molar-refractivity contribution in [1.82, 2.24) is 0 Å². The van der Waals surface area contributed by atoms with Crippen molar-refractivity contribution < 1.29 is 9.53 Å². The number of benzene rings is 1. The minimum Gasteiger partial charge on any atom is -0.373 e. The highest BCUT2D eigenvalue weighted by Gasteiger charge is 2.36. The largest absolute Gasteiger partial charge is 0.373 e. The molecule has 17 heavy (non-hydrogen) atoms. The molecule has 0 aliphatic heterocycles. The van der Waals surface area contributed by atoms with E-state index in [-0.39, 0.29) is 11.5 Å². The maximum Gasteiger partial charge on any atom is 0.133 e. The fourth-order valence-corrected chi connectivity index (χ4v) is 2.47. The van der Waals surface area contributed by atoms with E-state index < -0.39 is 0 Å². The summed E-state index contributed by atoms with van der Waals surface area (Å²) in [4.78, 5) is 11.4. The highest BCUT2D eigenvalue weighted by molar-refractivity contribution is 5.80. The molecule has 1 aliphatic carbocycles. The lowest BCUT2D eigenvalue weighted by Crippen LogP contribution is -2.38. The molecule has 0 radical (unpaired) electrons. The molecular weight excluding hydrogens is 212 g/mol. The van der Waals surface area contributed by atoms with E-state index in [2.05, 4.69) is 26.0 Å². The second kappa shape index (κ2) is 5.01. The van der Waals surface area contributed by atoms with Crippen molar-refractivity contribution in [2.75, 3.05) is 0 Å². The van der Waals surface area contributed by atoms with Crippen molar-refractivity contribution in [2.45, 2.75) is 45.8 Å². The topological polar surface area (TPSA) is 26.3 Å². The van der Waals surface area contributed by atoms with Crippen LogP contribution < -0.4 is 0 Å². The summed E-state index contributed by atoms with van der Waals surface area (Å²) in [6.45, 7) is 4.89. The quantitative estimate of drug-likeness (QED) is 0.798. The first kappa shape index (κ1) is 12.3. The fourth-order valence-electron chi connectivity index (χ4n) is 2.47. The van der Waals surface area contributed by atoms with Gasteiger partial charge in [0, 0.05) is 12.8 Å². The molecule has 1 fully saturated rings. The molecule has 1 aromatic carbocycles. The summed E-state index contributed by atoms with van der Waals surface area (Å²) in [5.41, 5.74) is 1.17. The molecule has 0 spiro atoms. The number of hydrogen-bond acceptors (Lipinski definition) is 2. The van der Waals surface area contributed by atoms with Crippen molar-refractivity contribution in [1.29, 1.82) is 0 Å². The molecule has 1 aromatic rings. The highest BCUT2D eigenvalue weighted by Crippen LogP contribution is 2.36. The minimum atomic E-state index is -0.0237. The van der Waals surface area contributed by atoms with Crippen molar-refractivity contribution in [3.63, 3.8) is 0 Å². The van der Waals surface area contributed by atoms with E-state index in [9.17, 15) is 4.79 Å². The zero-order chi connectivity index (χ0) is 12.3. The van der Waals surface area contributed by atoms with Crippen molar-refractivity contribution in [3.05, 3.63) is 35.9 Å². The Hall–Kier alpha value is -1.15. The molecule has 92 valence electrons. The van der Waals surface area contributed by atoms with Gasteiger partial charge in [-0.05, 0) is 17.4 Å². The Morgan fingerprint density at radius 2 is 2.00 bits per heavy atom. The maximum absolute atomic E-state index is 11.4. The predicted octanol–water partition coefficient (Wildman–Crippen LogP) is 3.35. The molecule has 0 heterocycles. The van der Waals surface area contributed by atoms with E-state index in [0.717, 1.165) is 6.42 Å². The van der Waals surface area contributed by atoms with Gasteiger partial charge < -0.3 is 4.74 Å². The molecule has 1 aliphatic rings. The second-order valence-electron chi connectivity index (χ2n) is 5.53. The smallest absolute Gasteiger partial charge is 0.133 e. The summed E-state index contributed by atoms with van der Waals surface area (Å²) in [5.74, 6) is 0.370. The SMILES string of the molecule is CC1(C)CC(=O)CCC1OCc1ccccc1. The molecule has 1 saturated carbocycles. The van der Waals surface area contributed by atoms with E-state index >= 15 is 0 Å². The Morgan fingerprint density at radius 1 is 1.29 bits per heavy atom. The van der Waals surface area contributed by atoms with Gasteiger partial charge in [-0.3, -0.25) is 4.79 Å². The summed E-state index contributed by atoms with van der Waals surface area (Å²) < 4.78 is 5.98. The van der Waals surface area contributed by atoms with Crippen LogP contribution in [0.5, 0.6) is 0 Å². The van der Waals surface area contributed by atoms with Crippen molar-refractivity contribution in [2.24, 2.45) is 5.41 Å². The van der Waals surface area contributed by atoms with E-state index in [1.807, 2.05) is 18.2 Å². The molecular formula is C15H20O2. The average Bonchev–Trinajstić information content (AvgIpc) is 2.28. The first-order valence-corrected chi connectivity index (χ1v) is 6.25. The lowest BCUT2D eigenvalue weighted by molar-refractivity contribution is -0.132. The molecule has 2 nitrogen and oxygen atoms in total.